The van der Waals surface area contributed by atoms with Crippen LogP contribution in [0.3, 0.4) is 0 Å². The van der Waals surface area contributed by atoms with Crippen molar-refractivity contribution < 1.29 is 9.47 Å². The van der Waals surface area contributed by atoms with Crippen LogP contribution in [0.2, 0.25) is 0 Å². The molecule has 0 aromatic heterocycles. The highest BCUT2D eigenvalue weighted by molar-refractivity contribution is 5.35. The Bertz CT molecular complexity index is 327. The molecule has 1 fully saturated rings. The first-order valence-corrected chi connectivity index (χ1v) is 6.10. The third-order valence-electron chi connectivity index (χ3n) is 3.00. The van der Waals surface area contributed by atoms with E-state index in [1.807, 2.05) is 6.07 Å². The molecular weight excluding hydrogens is 200 g/mol. The summed E-state index contributed by atoms with van der Waals surface area (Å²) in [5.41, 5.74) is 1.30. The van der Waals surface area contributed by atoms with Gasteiger partial charge in [0.25, 0.3) is 0 Å². The summed E-state index contributed by atoms with van der Waals surface area (Å²) in [5, 5.41) is 0. The van der Waals surface area contributed by atoms with Crippen molar-refractivity contribution in [1.82, 2.24) is 0 Å². The molecule has 0 spiro atoms. The molecule has 1 aliphatic rings. The maximum atomic E-state index is 6.07. The van der Waals surface area contributed by atoms with Gasteiger partial charge in [0.2, 0.25) is 0 Å². The molecule has 1 aromatic carbocycles. The van der Waals surface area contributed by atoms with E-state index in [1.54, 1.807) is 0 Å². The van der Waals surface area contributed by atoms with Gasteiger partial charge in [-0.2, -0.15) is 0 Å². The fourth-order valence-corrected chi connectivity index (χ4v) is 2.04. The Balaban J connectivity index is 2.07. The van der Waals surface area contributed by atoms with E-state index in [0.717, 1.165) is 31.8 Å². The molecule has 0 aliphatic carbocycles. The van der Waals surface area contributed by atoms with Gasteiger partial charge >= 0.3 is 0 Å². The van der Waals surface area contributed by atoms with Gasteiger partial charge in [-0.05, 0) is 17.5 Å². The van der Waals surface area contributed by atoms with Crippen LogP contribution in [0.4, 0.5) is 0 Å². The Morgan fingerprint density at radius 3 is 2.56 bits per heavy atom. The molecule has 0 unspecified atom stereocenters. The summed E-state index contributed by atoms with van der Waals surface area (Å²) < 4.78 is 11.4. The van der Waals surface area contributed by atoms with Crippen molar-refractivity contribution in [2.45, 2.75) is 38.7 Å². The highest BCUT2D eigenvalue weighted by atomic mass is 16.5. The van der Waals surface area contributed by atoms with Crippen LogP contribution < -0.4 is 4.74 Å². The summed E-state index contributed by atoms with van der Waals surface area (Å²) in [6, 6.07) is 8.34. The molecule has 0 radical (unpaired) electrons. The van der Waals surface area contributed by atoms with Gasteiger partial charge in [-0.1, -0.05) is 32.0 Å². The second-order valence-corrected chi connectivity index (χ2v) is 4.62. The molecule has 2 rings (SSSR count). The zero-order valence-corrected chi connectivity index (χ0v) is 10.1. The van der Waals surface area contributed by atoms with Crippen molar-refractivity contribution in [1.29, 1.82) is 0 Å². The molecule has 88 valence electrons. The first kappa shape index (κ1) is 11.5. The minimum absolute atomic E-state index is 0.327. The summed E-state index contributed by atoms with van der Waals surface area (Å²) in [4.78, 5) is 0. The molecule has 0 bridgehead atoms. The molecule has 1 aliphatic heterocycles. The number of benzene rings is 1. The summed E-state index contributed by atoms with van der Waals surface area (Å²) in [6.45, 7) is 6.06. The van der Waals surface area contributed by atoms with E-state index < -0.39 is 0 Å². The van der Waals surface area contributed by atoms with Gasteiger partial charge in [0.15, 0.2) is 0 Å². The average Bonchev–Trinajstić information content (AvgIpc) is 2.31. The second-order valence-electron chi connectivity index (χ2n) is 4.62. The smallest absolute Gasteiger partial charge is 0.123 e. The monoisotopic (exact) mass is 220 g/mol. The van der Waals surface area contributed by atoms with Gasteiger partial charge in [-0.15, -0.1) is 0 Å². The van der Waals surface area contributed by atoms with E-state index in [4.69, 9.17) is 9.47 Å². The van der Waals surface area contributed by atoms with E-state index in [0.29, 0.717) is 12.0 Å². The predicted octanol–water partition coefficient (Wildman–Crippen LogP) is 3.37. The Labute approximate surface area is 97.6 Å². The number of hydrogen-bond acceptors (Lipinski definition) is 2. The minimum atomic E-state index is 0.327. The topological polar surface area (TPSA) is 18.5 Å². The Kier molecular flexibility index (Phi) is 3.83. The van der Waals surface area contributed by atoms with Crippen LogP contribution in [0, 0.1) is 0 Å². The van der Waals surface area contributed by atoms with E-state index >= 15 is 0 Å². The van der Waals surface area contributed by atoms with E-state index in [1.165, 1.54) is 5.56 Å². The summed E-state index contributed by atoms with van der Waals surface area (Å²) in [6.07, 6.45) is 2.34. The van der Waals surface area contributed by atoms with Crippen LogP contribution >= 0.6 is 0 Å². The third kappa shape index (κ3) is 2.76. The maximum Gasteiger partial charge on any atom is 0.123 e. The van der Waals surface area contributed by atoms with Crippen molar-refractivity contribution in [3.63, 3.8) is 0 Å². The number of para-hydroxylation sites is 1. The fourth-order valence-electron chi connectivity index (χ4n) is 2.04. The molecule has 2 heteroatoms. The van der Waals surface area contributed by atoms with Crippen LogP contribution in [0.5, 0.6) is 5.75 Å². The molecule has 2 nitrogen and oxygen atoms in total. The molecule has 1 aromatic rings. The number of hydrogen-bond donors (Lipinski definition) is 0. The zero-order valence-electron chi connectivity index (χ0n) is 10.1. The Morgan fingerprint density at radius 1 is 1.19 bits per heavy atom. The lowest BCUT2D eigenvalue weighted by atomic mass is 10.0. The van der Waals surface area contributed by atoms with Crippen molar-refractivity contribution in [2.75, 3.05) is 13.2 Å². The normalized spacial score (nSPS) is 17.7. The Morgan fingerprint density at radius 2 is 1.88 bits per heavy atom. The number of ether oxygens (including phenoxy) is 2. The largest absolute Gasteiger partial charge is 0.490 e. The minimum Gasteiger partial charge on any atom is -0.490 e. The van der Waals surface area contributed by atoms with E-state index in [-0.39, 0.29) is 0 Å². The lowest BCUT2D eigenvalue weighted by Crippen LogP contribution is -2.26. The Hall–Kier alpha value is -1.02. The summed E-state index contributed by atoms with van der Waals surface area (Å²) in [7, 11) is 0. The summed E-state index contributed by atoms with van der Waals surface area (Å²) in [5.74, 6) is 1.56. The highest BCUT2D eigenvalue weighted by Gasteiger charge is 2.17. The van der Waals surface area contributed by atoms with Gasteiger partial charge in [0.05, 0.1) is 13.2 Å². The molecule has 0 atom stereocenters. The molecule has 0 N–H and O–H groups in total. The zero-order chi connectivity index (χ0) is 11.4. The lowest BCUT2D eigenvalue weighted by Gasteiger charge is -2.25. The van der Waals surface area contributed by atoms with Gasteiger partial charge in [0.1, 0.15) is 11.9 Å². The quantitative estimate of drug-likeness (QED) is 0.777. The standard InChI is InChI=1S/C14H20O2/c1-11(2)13-5-3-4-6-14(13)16-12-7-9-15-10-8-12/h3-6,11-12H,7-10H2,1-2H3. The molecule has 16 heavy (non-hydrogen) atoms. The van der Waals surface area contributed by atoms with Gasteiger partial charge < -0.3 is 9.47 Å². The molecular formula is C14H20O2. The fraction of sp³-hybridized carbons (Fsp3) is 0.571. The molecule has 1 heterocycles. The lowest BCUT2D eigenvalue weighted by molar-refractivity contribution is 0.0251. The predicted molar refractivity (Wildman–Crippen MR) is 65.0 cm³/mol. The molecule has 0 amide bonds. The highest BCUT2D eigenvalue weighted by Crippen LogP contribution is 2.28. The van der Waals surface area contributed by atoms with E-state index in [2.05, 4.69) is 32.0 Å². The molecule has 0 saturated carbocycles. The van der Waals surface area contributed by atoms with Crippen LogP contribution in [0.15, 0.2) is 24.3 Å². The maximum absolute atomic E-state index is 6.07. The van der Waals surface area contributed by atoms with Crippen molar-refractivity contribution in [3.8, 4) is 5.75 Å². The van der Waals surface area contributed by atoms with Crippen LogP contribution in [0.1, 0.15) is 38.2 Å². The first-order valence-electron chi connectivity index (χ1n) is 6.10. The number of rotatable bonds is 3. The van der Waals surface area contributed by atoms with Crippen LogP contribution in [0.25, 0.3) is 0 Å². The van der Waals surface area contributed by atoms with E-state index in [9.17, 15) is 0 Å². The van der Waals surface area contributed by atoms with Gasteiger partial charge in [-0.3, -0.25) is 0 Å². The van der Waals surface area contributed by atoms with Gasteiger partial charge in [-0.25, -0.2) is 0 Å². The molecule has 1 saturated heterocycles. The van der Waals surface area contributed by atoms with Crippen molar-refractivity contribution >= 4 is 0 Å². The van der Waals surface area contributed by atoms with Crippen LogP contribution in [-0.2, 0) is 4.74 Å². The van der Waals surface area contributed by atoms with Crippen molar-refractivity contribution in [3.05, 3.63) is 29.8 Å². The SMILES string of the molecule is CC(C)c1ccccc1OC1CCOCC1. The third-order valence-corrected chi connectivity index (χ3v) is 3.00. The van der Waals surface area contributed by atoms with Crippen molar-refractivity contribution in [2.24, 2.45) is 0 Å². The summed E-state index contributed by atoms with van der Waals surface area (Å²) >= 11 is 0. The average molecular weight is 220 g/mol. The second kappa shape index (κ2) is 5.35. The van der Waals surface area contributed by atoms with Crippen LogP contribution in [-0.4, -0.2) is 19.3 Å². The van der Waals surface area contributed by atoms with Gasteiger partial charge in [0, 0.05) is 12.8 Å². The first-order chi connectivity index (χ1) is 7.77.